The van der Waals surface area contributed by atoms with Crippen molar-refractivity contribution in [2.45, 2.75) is 39.4 Å². The summed E-state index contributed by atoms with van der Waals surface area (Å²) in [5.74, 6) is 0.715. The number of fused-ring (bicyclic) bond motifs is 1. The lowest BCUT2D eigenvalue weighted by molar-refractivity contribution is 0.244. The summed E-state index contributed by atoms with van der Waals surface area (Å²) in [5, 5.41) is 9.59. The van der Waals surface area contributed by atoms with Crippen LogP contribution >= 0.6 is 0 Å². The third-order valence-corrected chi connectivity index (χ3v) is 4.59. The molecule has 0 bridgehead atoms. The highest BCUT2D eigenvalue weighted by atomic mass is 16.2. The number of nitrogens with one attached hydrogen (secondary N) is 3. The van der Waals surface area contributed by atoms with E-state index in [2.05, 4.69) is 20.9 Å². The number of amides is 2. The van der Waals surface area contributed by atoms with E-state index in [0.29, 0.717) is 5.84 Å². The summed E-state index contributed by atoms with van der Waals surface area (Å²) in [6.45, 7) is 6.43. The molecule has 2 aliphatic rings. The number of nitrogens with zero attached hydrogens (tertiary/aromatic N) is 2. The molecule has 1 aromatic carbocycles. The van der Waals surface area contributed by atoms with Crippen LogP contribution in [0.25, 0.3) is 0 Å². The van der Waals surface area contributed by atoms with Crippen LogP contribution in [0.5, 0.6) is 0 Å². The molecule has 2 amide bonds. The number of hydrogen-bond acceptors (Lipinski definition) is 4. The Bertz CT molecular complexity index is 765. The zero-order valence-electron chi connectivity index (χ0n) is 16.0. The first-order chi connectivity index (χ1) is 13.1. The molecule has 1 atom stereocenters. The lowest BCUT2D eigenvalue weighted by Gasteiger charge is -2.29. The minimum absolute atomic E-state index is 0.116. The Hall–Kier alpha value is -2.80. The zero-order chi connectivity index (χ0) is 19.2. The number of anilines is 1. The number of aliphatic imine (C=N–C) groups is 1. The van der Waals surface area contributed by atoms with Crippen molar-refractivity contribution in [3.05, 3.63) is 53.4 Å². The average Bonchev–Trinajstić information content (AvgIpc) is 3.03. The lowest BCUT2D eigenvalue weighted by Crippen LogP contribution is -2.51. The molecule has 3 rings (SSSR count). The summed E-state index contributed by atoms with van der Waals surface area (Å²) in [7, 11) is 0. The van der Waals surface area contributed by atoms with E-state index >= 15 is 0 Å². The third-order valence-electron chi connectivity index (χ3n) is 4.59. The number of carbonyl (C=O) groups is 1. The first-order valence-corrected chi connectivity index (χ1v) is 9.41. The maximum Gasteiger partial charge on any atom is 0.327 e. The van der Waals surface area contributed by atoms with Crippen molar-refractivity contribution in [1.82, 2.24) is 16.0 Å². The second-order valence-corrected chi connectivity index (χ2v) is 6.78. The van der Waals surface area contributed by atoms with Gasteiger partial charge in [0.15, 0.2) is 0 Å². The molecule has 0 saturated carbocycles. The summed E-state index contributed by atoms with van der Waals surface area (Å²) in [5.41, 5.74) is 9.83. The minimum atomic E-state index is -0.128. The second kappa shape index (κ2) is 8.73. The molecule has 144 valence electrons. The number of nitrogens with two attached hydrogens (primary N) is 1. The van der Waals surface area contributed by atoms with Gasteiger partial charge >= 0.3 is 6.03 Å². The van der Waals surface area contributed by atoms with E-state index in [1.54, 1.807) is 4.90 Å². The molecule has 2 heterocycles. The van der Waals surface area contributed by atoms with Gasteiger partial charge in [0.05, 0.1) is 11.5 Å². The minimum Gasteiger partial charge on any atom is -0.387 e. The van der Waals surface area contributed by atoms with Crippen LogP contribution in [0.1, 0.15) is 32.3 Å². The molecule has 2 aliphatic heterocycles. The molecule has 0 radical (unpaired) electrons. The van der Waals surface area contributed by atoms with E-state index in [1.165, 1.54) is 5.56 Å². The SMILES string of the molecule is CCC(N)=NCCCNCc1ccc(N2C=C3C=C(C)NC3NC2=O)cc1. The Labute approximate surface area is 160 Å². The van der Waals surface area contributed by atoms with Crippen LogP contribution < -0.4 is 26.6 Å². The largest absolute Gasteiger partial charge is 0.387 e. The number of hydrogen-bond donors (Lipinski definition) is 4. The van der Waals surface area contributed by atoms with Crippen LogP contribution in [-0.4, -0.2) is 31.1 Å². The number of urea groups is 1. The number of benzene rings is 1. The molecule has 27 heavy (non-hydrogen) atoms. The fourth-order valence-corrected chi connectivity index (χ4v) is 3.06. The summed E-state index contributed by atoms with van der Waals surface area (Å²) in [6.07, 6.45) is 5.59. The Morgan fingerprint density at radius 1 is 1.30 bits per heavy atom. The van der Waals surface area contributed by atoms with E-state index in [9.17, 15) is 4.79 Å². The Morgan fingerprint density at radius 2 is 2.07 bits per heavy atom. The molecule has 0 aromatic heterocycles. The van der Waals surface area contributed by atoms with Gasteiger partial charge < -0.3 is 21.7 Å². The van der Waals surface area contributed by atoms with Crippen LogP contribution in [0.2, 0.25) is 0 Å². The Kier molecular flexibility index (Phi) is 6.13. The molecular formula is C20H28N6O. The smallest absolute Gasteiger partial charge is 0.327 e. The molecule has 1 aromatic rings. The summed E-state index contributed by atoms with van der Waals surface area (Å²) < 4.78 is 0. The number of carbonyl (C=O) groups excluding carboxylic acids is 1. The molecule has 1 unspecified atom stereocenters. The van der Waals surface area contributed by atoms with Crippen molar-refractivity contribution in [3.8, 4) is 0 Å². The highest BCUT2D eigenvalue weighted by molar-refractivity contribution is 5.96. The Morgan fingerprint density at radius 3 is 2.81 bits per heavy atom. The predicted molar refractivity (Wildman–Crippen MR) is 109 cm³/mol. The second-order valence-electron chi connectivity index (χ2n) is 6.78. The maximum atomic E-state index is 12.3. The molecular weight excluding hydrogens is 340 g/mol. The monoisotopic (exact) mass is 368 g/mol. The molecule has 0 aliphatic carbocycles. The van der Waals surface area contributed by atoms with E-state index in [1.807, 2.05) is 50.4 Å². The zero-order valence-corrected chi connectivity index (χ0v) is 16.0. The molecule has 0 fully saturated rings. The number of rotatable bonds is 8. The number of amidine groups is 1. The highest BCUT2D eigenvalue weighted by Gasteiger charge is 2.29. The number of allylic oxidation sites excluding steroid dienone is 1. The van der Waals surface area contributed by atoms with Gasteiger partial charge in [-0.15, -0.1) is 0 Å². The van der Waals surface area contributed by atoms with Crippen LogP contribution in [0, 0.1) is 0 Å². The van der Waals surface area contributed by atoms with Crippen molar-refractivity contribution < 1.29 is 4.79 Å². The van der Waals surface area contributed by atoms with Crippen LogP contribution in [0.3, 0.4) is 0 Å². The molecule has 0 spiro atoms. The summed E-state index contributed by atoms with van der Waals surface area (Å²) in [4.78, 5) is 18.3. The van der Waals surface area contributed by atoms with Crippen molar-refractivity contribution >= 4 is 17.6 Å². The van der Waals surface area contributed by atoms with E-state index in [0.717, 1.165) is 49.4 Å². The van der Waals surface area contributed by atoms with Gasteiger partial charge in [0.1, 0.15) is 6.17 Å². The maximum absolute atomic E-state index is 12.3. The van der Waals surface area contributed by atoms with E-state index in [4.69, 9.17) is 5.73 Å². The molecule has 5 N–H and O–H groups in total. The van der Waals surface area contributed by atoms with Gasteiger partial charge in [-0.05, 0) is 43.7 Å². The highest BCUT2D eigenvalue weighted by Crippen LogP contribution is 2.24. The van der Waals surface area contributed by atoms with Crippen molar-refractivity contribution in [3.63, 3.8) is 0 Å². The van der Waals surface area contributed by atoms with Gasteiger partial charge in [-0.25, -0.2) is 4.79 Å². The van der Waals surface area contributed by atoms with Gasteiger partial charge in [0.25, 0.3) is 0 Å². The molecule has 0 saturated heterocycles. The predicted octanol–water partition coefficient (Wildman–Crippen LogP) is 2.18. The average molecular weight is 368 g/mol. The first kappa shape index (κ1) is 19.0. The van der Waals surface area contributed by atoms with Gasteiger partial charge in [0, 0.05) is 37.0 Å². The van der Waals surface area contributed by atoms with Crippen LogP contribution in [0.15, 0.2) is 52.8 Å². The fourth-order valence-electron chi connectivity index (χ4n) is 3.06. The topological polar surface area (TPSA) is 94.8 Å². The van der Waals surface area contributed by atoms with Crippen molar-refractivity contribution in [1.29, 1.82) is 0 Å². The van der Waals surface area contributed by atoms with E-state index in [-0.39, 0.29) is 12.2 Å². The van der Waals surface area contributed by atoms with Crippen molar-refractivity contribution in [2.75, 3.05) is 18.0 Å². The standard InChI is InChI=1S/C20H28N6O/c1-3-18(21)23-10-4-9-22-12-15-5-7-17(8-6-15)26-13-16-11-14(2)24-19(16)25-20(26)27/h5-8,11,13,19,22,24H,3-4,9-10,12H2,1-2H3,(H2,21,23)(H,25,27). The lowest BCUT2D eigenvalue weighted by atomic mass is 10.1. The van der Waals surface area contributed by atoms with Gasteiger partial charge in [-0.1, -0.05) is 19.1 Å². The van der Waals surface area contributed by atoms with Gasteiger partial charge in [-0.2, -0.15) is 0 Å². The summed E-state index contributed by atoms with van der Waals surface area (Å²) in [6, 6.07) is 7.90. The Balaban J connectivity index is 1.51. The normalized spacial score (nSPS) is 19.2. The van der Waals surface area contributed by atoms with E-state index < -0.39 is 0 Å². The van der Waals surface area contributed by atoms with Crippen LogP contribution in [0.4, 0.5) is 10.5 Å². The molecule has 7 heteroatoms. The van der Waals surface area contributed by atoms with Crippen LogP contribution in [-0.2, 0) is 6.54 Å². The van der Waals surface area contributed by atoms with Gasteiger partial charge in [-0.3, -0.25) is 9.89 Å². The summed E-state index contributed by atoms with van der Waals surface area (Å²) >= 11 is 0. The third kappa shape index (κ3) is 4.89. The molecule has 7 nitrogen and oxygen atoms in total. The quantitative estimate of drug-likeness (QED) is 0.321. The van der Waals surface area contributed by atoms with Crippen molar-refractivity contribution in [2.24, 2.45) is 10.7 Å². The first-order valence-electron chi connectivity index (χ1n) is 9.41. The fraction of sp³-hybridized carbons (Fsp3) is 0.400. The van der Waals surface area contributed by atoms with Gasteiger partial charge in [0.2, 0.25) is 0 Å².